The second kappa shape index (κ2) is 10.2. The van der Waals surface area contributed by atoms with Crippen LogP contribution in [0.2, 0.25) is 0 Å². The summed E-state index contributed by atoms with van der Waals surface area (Å²) in [5.41, 5.74) is 2.93. The number of aliphatic hydroxyl groups is 1. The molecule has 1 fully saturated rings. The number of piperidine rings is 1. The first-order valence-electron chi connectivity index (χ1n) is 12.4. The van der Waals surface area contributed by atoms with Crippen molar-refractivity contribution in [2.75, 3.05) is 30.3 Å². The monoisotopic (exact) mass is 504 g/mol. The summed E-state index contributed by atoms with van der Waals surface area (Å²) in [6, 6.07) is 9.35. The molecule has 1 amide bonds. The molecule has 0 saturated carbocycles. The van der Waals surface area contributed by atoms with E-state index >= 15 is 0 Å². The quantitative estimate of drug-likeness (QED) is 0.398. The first-order chi connectivity index (χ1) is 17.8. The largest absolute Gasteiger partial charge is 0.508 e. The minimum Gasteiger partial charge on any atom is -0.508 e. The number of aliphatic hydroxyl groups excluding tert-OH is 1. The second-order valence-electron chi connectivity index (χ2n) is 9.69. The van der Waals surface area contributed by atoms with Crippen LogP contribution in [0.15, 0.2) is 42.6 Å². The Morgan fingerprint density at radius 3 is 2.89 bits per heavy atom. The van der Waals surface area contributed by atoms with Gasteiger partial charge in [-0.15, -0.1) is 0 Å². The van der Waals surface area contributed by atoms with Crippen molar-refractivity contribution in [3.8, 4) is 5.75 Å². The van der Waals surface area contributed by atoms with Crippen molar-refractivity contribution in [2.24, 2.45) is 5.92 Å². The van der Waals surface area contributed by atoms with Crippen molar-refractivity contribution in [1.29, 1.82) is 0 Å². The molecule has 1 aromatic heterocycles. The van der Waals surface area contributed by atoms with E-state index in [1.165, 1.54) is 18.3 Å². The number of hydrogen-bond acceptors (Lipinski definition) is 7. The number of hydrogen-bond donors (Lipinski definition) is 4. The van der Waals surface area contributed by atoms with E-state index in [0.29, 0.717) is 59.3 Å². The van der Waals surface area contributed by atoms with Gasteiger partial charge in [0.1, 0.15) is 17.4 Å². The number of fused-ring (bicyclic) bond motifs is 2. The molecule has 2 aliphatic heterocycles. The molecule has 8 nitrogen and oxygen atoms in total. The standard InChI is InChI=1S/C28H29FN4O4/c1-16-11-20(29)23(14-24(16)35)31-22-6-8-30-27-26(22)25(36)13-19-12-18(4-5-21(19)32-27)28(37)33-9-2-3-17(15-33)7-10-34/h4-6,8,11-12,14,17,34-35H,2-3,7,9-10,13,15H2,1H3,(H2,30,31,32). The smallest absolute Gasteiger partial charge is 0.253 e. The number of halogens is 1. The number of amides is 1. The van der Waals surface area contributed by atoms with Crippen LogP contribution in [0.3, 0.4) is 0 Å². The van der Waals surface area contributed by atoms with E-state index in [4.69, 9.17) is 0 Å². The van der Waals surface area contributed by atoms with Gasteiger partial charge in [-0.05, 0) is 73.6 Å². The molecule has 3 aromatic rings. The topological polar surface area (TPSA) is 115 Å². The van der Waals surface area contributed by atoms with Crippen molar-refractivity contribution in [3.05, 3.63) is 70.7 Å². The fraction of sp³-hybridized carbons (Fsp3) is 0.321. The molecule has 3 heterocycles. The zero-order valence-electron chi connectivity index (χ0n) is 20.6. The molecule has 2 aromatic carbocycles. The molecule has 1 atom stereocenters. The number of phenols is 1. The predicted octanol–water partition coefficient (Wildman–Crippen LogP) is 4.70. The number of carbonyl (C=O) groups excluding carboxylic acids is 2. The zero-order chi connectivity index (χ0) is 26.1. The summed E-state index contributed by atoms with van der Waals surface area (Å²) in [4.78, 5) is 32.8. The van der Waals surface area contributed by atoms with Gasteiger partial charge in [-0.2, -0.15) is 0 Å². The summed E-state index contributed by atoms with van der Waals surface area (Å²) in [5.74, 6) is -0.324. The van der Waals surface area contributed by atoms with Crippen molar-refractivity contribution < 1.29 is 24.2 Å². The number of nitrogens with zero attached hydrogens (tertiary/aromatic N) is 2. The number of benzene rings is 2. The zero-order valence-corrected chi connectivity index (χ0v) is 20.6. The van der Waals surface area contributed by atoms with Gasteiger partial charge < -0.3 is 25.7 Å². The molecular weight excluding hydrogens is 475 g/mol. The molecule has 0 radical (unpaired) electrons. The molecule has 0 bridgehead atoms. The van der Waals surface area contributed by atoms with Crippen molar-refractivity contribution in [1.82, 2.24) is 9.88 Å². The van der Waals surface area contributed by atoms with Crippen LogP contribution in [-0.4, -0.2) is 51.5 Å². The molecule has 1 unspecified atom stereocenters. The Morgan fingerprint density at radius 1 is 1.24 bits per heavy atom. The molecule has 37 heavy (non-hydrogen) atoms. The van der Waals surface area contributed by atoms with Gasteiger partial charge in [0.15, 0.2) is 5.78 Å². The van der Waals surface area contributed by atoms with E-state index in [1.807, 2.05) is 4.90 Å². The van der Waals surface area contributed by atoms with E-state index in [2.05, 4.69) is 15.6 Å². The Morgan fingerprint density at radius 2 is 2.08 bits per heavy atom. The van der Waals surface area contributed by atoms with Crippen LogP contribution in [0.1, 0.15) is 51.1 Å². The molecule has 0 aliphatic carbocycles. The van der Waals surface area contributed by atoms with E-state index in [-0.39, 0.29) is 41.7 Å². The van der Waals surface area contributed by atoms with Gasteiger partial charge in [0, 0.05) is 49.6 Å². The summed E-state index contributed by atoms with van der Waals surface area (Å²) < 4.78 is 14.5. The first-order valence-corrected chi connectivity index (χ1v) is 12.4. The SMILES string of the molecule is Cc1cc(F)c(Nc2ccnc3c2C(=O)Cc2cc(C(=O)N4CCCC(CCO)C4)ccc2N3)cc1O. The Labute approximate surface area is 214 Å². The van der Waals surface area contributed by atoms with Gasteiger partial charge in [-0.3, -0.25) is 9.59 Å². The number of Topliss-reactive ketones (excluding diaryl/α,β-unsaturated/α-hetero) is 1. The number of carbonyl (C=O) groups is 2. The average molecular weight is 505 g/mol. The molecule has 0 spiro atoms. The van der Waals surface area contributed by atoms with Crippen LogP contribution >= 0.6 is 0 Å². The van der Waals surface area contributed by atoms with E-state index in [0.717, 1.165) is 12.8 Å². The van der Waals surface area contributed by atoms with Crippen molar-refractivity contribution in [3.63, 3.8) is 0 Å². The number of aromatic nitrogens is 1. The third kappa shape index (κ3) is 4.99. The highest BCUT2D eigenvalue weighted by Crippen LogP contribution is 2.36. The Bertz CT molecular complexity index is 1370. The third-order valence-corrected chi connectivity index (χ3v) is 7.08. The van der Waals surface area contributed by atoms with Crippen LogP contribution in [0.4, 0.5) is 27.3 Å². The number of ketones is 1. The predicted molar refractivity (Wildman–Crippen MR) is 138 cm³/mol. The molecule has 9 heteroatoms. The van der Waals surface area contributed by atoms with E-state index in [9.17, 15) is 24.2 Å². The number of aromatic hydroxyl groups is 1. The van der Waals surface area contributed by atoms with Crippen LogP contribution in [-0.2, 0) is 6.42 Å². The number of rotatable bonds is 5. The lowest BCUT2D eigenvalue weighted by Crippen LogP contribution is -2.40. The van der Waals surface area contributed by atoms with Crippen LogP contribution in [0.25, 0.3) is 0 Å². The molecule has 4 N–H and O–H groups in total. The Balaban J connectivity index is 1.41. The lowest BCUT2D eigenvalue weighted by molar-refractivity contribution is 0.0653. The van der Waals surface area contributed by atoms with Gasteiger partial charge >= 0.3 is 0 Å². The summed E-state index contributed by atoms with van der Waals surface area (Å²) in [5, 5.41) is 25.4. The fourth-order valence-electron chi connectivity index (χ4n) is 5.08. The van der Waals surface area contributed by atoms with Crippen LogP contribution in [0.5, 0.6) is 5.75 Å². The number of likely N-dealkylation sites (tertiary alicyclic amines) is 1. The highest BCUT2D eigenvalue weighted by Gasteiger charge is 2.27. The minimum atomic E-state index is -0.555. The summed E-state index contributed by atoms with van der Waals surface area (Å²) >= 11 is 0. The first kappa shape index (κ1) is 24.7. The highest BCUT2D eigenvalue weighted by molar-refractivity contribution is 6.09. The summed E-state index contributed by atoms with van der Waals surface area (Å²) in [7, 11) is 0. The van der Waals surface area contributed by atoms with Gasteiger partial charge in [0.05, 0.1) is 16.9 Å². The maximum absolute atomic E-state index is 14.5. The maximum Gasteiger partial charge on any atom is 0.253 e. The van der Waals surface area contributed by atoms with E-state index in [1.54, 1.807) is 31.2 Å². The van der Waals surface area contributed by atoms with Crippen LogP contribution < -0.4 is 10.6 Å². The number of pyridine rings is 1. The number of aryl methyl sites for hydroxylation is 1. The fourth-order valence-corrected chi connectivity index (χ4v) is 5.08. The normalized spacial score (nSPS) is 16.9. The summed E-state index contributed by atoms with van der Waals surface area (Å²) in [6.07, 6.45) is 4.12. The van der Waals surface area contributed by atoms with Crippen molar-refractivity contribution in [2.45, 2.75) is 32.6 Å². The Hall–Kier alpha value is -3.98. The second-order valence-corrected chi connectivity index (χ2v) is 9.69. The summed E-state index contributed by atoms with van der Waals surface area (Å²) in [6.45, 7) is 3.00. The van der Waals surface area contributed by atoms with Gasteiger partial charge in [0.25, 0.3) is 5.91 Å². The maximum atomic E-state index is 14.5. The van der Waals surface area contributed by atoms with E-state index < -0.39 is 5.82 Å². The lowest BCUT2D eigenvalue weighted by atomic mass is 9.94. The molecule has 5 rings (SSSR count). The Kier molecular flexibility index (Phi) is 6.80. The molecule has 1 saturated heterocycles. The van der Waals surface area contributed by atoms with Gasteiger partial charge in [0.2, 0.25) is 0 Å². The van der Waals surface area contributed by atoms with Gasteiger partial charge in [-0.1, -0.05) is 0 Å². The minimum absolute atomic E-state index is 0.0333. The number of anilines is 4. The van der Waals surface area contributed by atoms with Crippen molar-refractivity contribution >= 4 is 34.6 Å². The lowest BCUT2D eigenvalue weighted by Gasteiger charge is -2.32. The van der Waals surface area contributed by atoms with Gasteiger partial charge in [-0.25, -0.2) is 9.37 Å². The van der Waals surface area contributed by atoms with Crippen LogP contribution in [0, 0.1) is 18.7 Å². The third-order valence-electron chi connectivity index (χ3n) is 7.08. The molecule has 2 aliphatic rings. The molecular formula is C28H29FN4O4. The molecule has 192 valence electrons. The average Bonchev–Trinajstić information content (AvgIpc) is 3.02. The highest BCUT2D eigenvalue weighted by atomic mass is 19.1. The number of phenolic OH excluding ortho intramolecular Hbond substituents is 1. The number of nitrogens with one attached hydrogen (secondary N) is 2.